The van der Waals surface area contributed by atoms with Crippen molar-refractivity contribution in [3.05, 3.63) is 23.4 Å². The third-order valence-electron chi connectivity index (χ3n) is 4.43. The molecule has 20 heavy (non-hydrogen) atoms. The minimum absolute atomic E-state index is 0.0375. The molecule has 0 aliphatic heterocycles. The maximum atomic E-state index is 12.4. The monoisotopic (exact) mass is 276 g/mol. The fraction of sp³-hybridized carbons (Fsp3) is 0.600. The zero-order valence-electron chi connectivity index (χ0n) is 12.4. The molecule has 110 valence electrons. The molecular formula is C15H24N4O. The van der Waals surface area contributed by atoms with Crippen molar-refractivity contribution in [1.82, 2.24) is 10.3 Å². The molecule has 5 heteroatoms. The predicted molar refractivity (Wildman–Crippen MR) is 80.2 cm³/mol. The molecule has 3 unspecified atom stereocenters. The van der Waals surface area contributed by atoms with Crippen molar-refractivity contribution >= 4 is 11.7 Å². The number of nitrogen functional groups attached to an aromatic ring is 1. The Morgan fingerprint density at radius 2 is 2.15 bits per heavy atom. The maximum Gasteiger partial charge on any atom is 0.251 e. The van der Waals surface area contributed by atoms with E-state index in [4.69, 9.17) is 5.84 Å². The maximum absolute atomic E-state index is 12.4. The van der Waals surface area contributed by atoms with Crippen molar-refractivity contribution < 1.29 is 4.79 Å². The Morgan fingerprint density at radius 1 is 1.40 bits per heavy atom. The number of pyridine rings is 1. The number of nitrogens with zero attached hydrogens (tertiary/aromatic N) is 1. The van der Waals surface area contributed by atoms with Crippen LogP contribution in [0.25, 0.3) is 0 Å². The largest absolute Gasteiger partial charge is 0.349 e. The molecule has 1 aliphatic rings. The van der Waals surface area contributed by atoms with Crippen molar-refractivity contribution in [2.75, 3.05) is 5.43 Å². The van der Waals surface area contributed by atoms with Crippen molar-refractivity contribution in [2.45, 2.75) is 46.1 Å². The van der Waals surface area contributed by atoms with E-state index in [1.54, 1.807) is 6.07 Å². The number of nitrogens with one attached hydrogen (secondary N) is 2. The number of nitrogens with two attached hydrogens (primary N) is 1. The highest BCUT2D eigenvalue weighted by Crippen LogP contribution is 2.31. The van der Waals surface area contributed by atoms with Gasteiger partial charge in [-0.25, -0.2) is 10.8 Å². The molecule has 0 aromatic carbocycles. The fourth-order valence-corrected chi connectivity index (χ4v) is 2.79. The van der Waals surface area contributed by atoms with Crippen LogP contribution in [0.15, 0.2) is 12.1 Å². The SMILES string of the molecule is CCc1cc(C(=O)NC2CCC(C)C2C)cc(NN)n1. The molecule has 1 aromatic rings. The number of anilines is 1. The first-order valence-corrected chi connectivity index (χ1v) is 7.33. The van der Waals surface area contributed by atoms with Crippen LogP contribution in [0.3, 0.4) is 0 Å². The number of hydrazine groups is 1. The summed E-state index contributed by atoms with van der Waals surface area (Å²) in [6.45, 7) is 6.46. The third kappa shape index (κ3) is 3.10. The van der Waals surface area contributed by atoms with Crippen molar-refractivity contribution in [3.63, 3.8) is 0 Å². The summed E-state index contributed by atoms with van der Waals surface area (Å²) in [7, 11) is 0. The number of aryl methyl sites for hydroxylation is 1. The normalized spacial score (nSPS) is 25.5. The number of carbonyl (C=O) groups is 1. The smallest absolute Gasteiger partial charge is 0.251 e. The molecule has 0 radical (unpaired) electrons. The first-order chi connectivity index (χ1) is 9.55. The van der Waals surface area contributed by atoms with E-state index in [1.807, 2.05) is 13.0 Å². The fourth-order valence-electron chi connectivity index (χ4n) is 2.79. The number of rotatable bonds is 4. The summed E-state index contributed by atoms with van der Waals surface area (Å²) < 4.78 is 0. The van der Waals surface area contributed by atoms with Crippen LogP contribution in [0.4, 0.5) is 5.82 Å². The molecule has 1 aromatic heterocycles. The lowest BCUT2D eigenvalue weighted by Gasteiger charge is -2.20. The Morgan fingerprint density at radius 3 is 2.70 bits per heavy atom. The van der Waals surface area contributed by atoms with E-state index in [2.05, 4.69) is 29.6 Å². The third-order valence-corrected chi connectivity index (χ3v) is 4.43. The standard InChI is InChI=1S/C15H24N4O/c1-4-12-7-11(8-14(17-12)19-16)15(20)18-13-6-5-9(2)10(13)3/h7-10,13H,4-6,16H2,1-3H3,(H,17,19)(H,18,20). The molecule has 2 rings (SSSR count). The van der Waals surface area contributed by atoms with Crippen LogP contribution in [0.5, 0.6) is 0 Å². The van der Waals surface area contributed by atoms with Gasteiger partial charge in [0.25, 0.3) is 5.91 Å². The molecule has 4 N–H and O–H groups in total. The molecule has 1 amide bonds. The number of hydrogen-bond donors (Lipinski definition) is 3. The molecule has 1 saturated carbocycles. The average Bonchev–Trinajstić information content (AvgIpc) is 2.78. The molecule has 3 atom stereocenters. The van der Waals surface area contributed by atoms with Crippen LogP contribution in [0.2, 0.25) is 0 Å². The van der Waals surface area contributed by atoms with E-state index < -0.39 is 0 Å². The minimum atomic E-state index is -0.0375. The lowest BCUT2D eigenvalue weighted by Crippen LogP contribution is -2.37. The van der Waals surface area contributed by atoms with Crippen LogP contribution >= 0.6 is 0 Å². The van der Waals surface area contributed by atoms with Crippen molar-refractivity contribution in [3.8, 4) is 0 Å². The summed E-state index contributed by atoms with van der Waals surface area (Å²) in [4.78, 5) is 16.7. The quantitative estimate of drug-likeness (QED) is 0.581. The van der Waals surface area contributed by atoms with Gasteiger partial charge in [0, 0.05) is 17.3 Å². The van der Waals surface area contributed by atoms with Crippen LogP contribution in [-0.2, 0) is 6.42 Å². The van der Waals surface area contributed by atoms with Gasteiger partial charge < -0.3 is 10.7 Å². The Balaban J connectivity index is 2.12. The van der Waals surface area contributed by atoms with Crippen LogP contribution in [-0.4, -0.2) is 16.9 Å². The number of aromatic nitrogens is 1. The Bertz CT molecular complexity index is 467. The van der Waals surface area contributed by atoms with Gasteiger partial charge in [-0.15, -0.1) is 0 Å². The van der Waals surface area contributed by atoms with Crippen LogP contribution in [0, 0.1) is 11.8 Å². The molecule has 1 aliphatic carbocycles. The summed E-state index contributed by atoms with van der Waals surface area (Å²) >= 11 is 0. The molecule has 0 saturated heterocycles. The Labute approximate surface area is 120 Å². The molecule has 1 heterocycles. The highest BCUT2D eigenvalue weighted by Gasteiger charge is 2.30. The predicted octanol–water partition coefficient (Wildman–Crippen LogP) is 2.09. The van der Waals surface area contributed by atoms with E-state index in [-0.39, 0.29) is 11.9 Å². The van der Waals surface area contributed by atoms with Gasteiger partial charge in [-0.05, 0) is 43.2 Å². The summed E-state index contributed by atoms with van der Waals surface area (Å²) in [5.74, 6) is 7.09. The summed E-state index contributed by atoms with van der Waals surface area (Å²) in [6, 6.07) is 3.79. The van der Waals surface area contributed by atoms with Gasteiger partial charge in [-0.1, -0.05) is 20.8 Å². The zero-order chi connectivity index (χ0) is 14.7. The van der Waals surface area contributed by atoms with Crippen LogP contribution < -0.4 is 16.6 Å². The first-order valence-electron chi connectivity index (χ1n) is 7.33. The van der Waals surface area contributed by atoms with Crippen molar-refractivity contribution in [1.29, 1.82) is 0 Å². The van der Waals surface area contributed by atoms with Crippen LogP contribution in [0.1, 0.15) is 49.7 Å². The number of hydrogen-bond acceptors (Lipinski definition) is 4. The van der Waals surface area contributed by atoms with Gasteiger partial charge in [0.1, 0.15) is 5.82 Å². The highest BCUT2D eigenvalue weighted by molar-refractivity contribution is 5.95. The highest BCUT2D eigenvalue weighted by atomic mass is 16.1. The van der Waals surface area contributed by atoms with E-state index in [9.17, 15) is 4.79 Å². The van der Waals surface area contributed by atoms with Gasteiger partial charge in [0.2, 0.25) is 0 Å². The van der Waals surface area contributed by atoms with Gasteiger partial charge in [0.05, 0.1) is 0 Å². The van der Waals surface area contributed by atoms with E-state index in [0.29, 0.717) is 23.2 Å². The van der Waals surface area contributed by atoms with Gasteiger partial charge in [-0.2, -0.15) is 0 Å². The molecule has 5 nitrogen and oxygen atoms in total. The van der Waals surface area contributed by atoms with Gasteiger partial charge in [0.15, 0.2) is 0 Å². The molecule has 0 spiro atoms. The topological polar surface area (TPSA) is 80.0 Å². The van der Waals surface area contributed by atoms with E-state index in [1.165, 1.54) is 6.42 Å². The second kappa shape index (κ2) is 6.22. The first kappa shape index (κ1) is 14.8. The molecule has 0 bridgehead atoms. The van der Waals surface area contributed by atoms with Gasteiger partial charge in [-0.3, -0.25) is 4.79 Å². The minimum Gasteiger partial charge on any atom is -0.349 e. The van der Waals surface area contributed by atoms with E-state index in [0.717, 1.165) is 18.5 Å². The lowest BCUT2D eigenvalue weighted by molar-refractivity contribution is 0.0927. The second-order valence-corrected chi connectivity index (χ2v) is 5.72. The zero-order valence-corrected chi connectivity index (χ0v) is 12.4. The average molecular weight is 276 g/mol. The summed E-state index contributed by atoms with van der Waals surface area (Å²) in [5.41, 5.74) is 4.00. The Hall–Kier alpha value is -1.62. The number of carbonyl (C=O) groups excluding carboxylic acids is 1. The Kier molecular flexibility index (Phi) is 4.60. The van der Waals surface area contributed by atoms with Gasteiger partial charge >= 0.3 is 0 Å². The van der Waals surface area contributed by atoms with Crippen molar-refractivity contribution in [2.24, 2.45) is 17.7 Å². The summed E-state index contributed by atoms with van der Waals surface area (Å²) in [5, 5.41) is 3.14. The lowest BCUT2D eigenvalue weighted by atomic mass is 9.97. The second-order valence-electron chi connectivity index (χ2n) is 5.72. The number of amides is 1. The molecule has 1 fully saturated rings. The van der Waals surface area contributed by atoms with E-state index >= 15 is 0 Å². The molecular weight excluding hydrogens is 252 g/mol. The summed E-state index contributed by atoms with van der Waals surface area (Å²) in [6.07, 6.45) is 3.01.